The monoisotopic (exact) mass is 292 g/mol. The molecule has 0 amide bonds. The lowest BCUT2D eigenvalue weighted by Gasteiger charge is -2.10. The SMILES string of the molecule is CN(C)CCOc1cc(I)ccn1. The predicted molar refractivity (Wildman–Crippen MR) is 61.0 cm³/mol. The number of ether oxygens (including phenoxy) is 1. The molecular formula is C9H13IN2O. The number of pyridine rings is 1. The van der Waals surface area contributed by atoms with Crippen LogP contribution >= 0.6 is 22.6 Å². The van der Waals surface area contributed by atoms with Gasteiger partial charge in [0.15, 0.2) is 0 Å². The lowest BCUT2D eigenvalue weighted by Crippen LogP contribution is -2.19. The molecule has 0 saturated carbocycles. The van der Waals surface area contributed by atoms with Crippen LogP contribution in [0.1, 0.15) is 0 Å². The molecule has 1 heterocycles. The molecule has 1 rings (SSSR count). The van der Waals surface area contributed by atoms with E-state index in [1.54, 1.807) is 6.20 Å². The Kier molecular flexibility index (Phi) is 4.44. The number of rotatable bonds is 4. The molecule has 0 bridgehead atoms. The van der Waals surface area contributed by atoms with Crippen molar-refractivity contribution in [2.75, 3.05) is 27.2 Å². The molecule has 13 heavy (non-hydrogen) atoms. The molecule has 1 aromatic heterocycles. The van der Waals surface area contributed by atoms with Crippen LogP contribution < -0.4 is 4.74 Å². The lowest BCUT2D eigenvalue weighted by atomic mass is 10.5. The van der Waals surface area contributed by atoms with Crippen molar-refractivity contribution in [3.63, 3.8) is 0 Å². The summed E-state index contributed by atoms with van der Waals surface area (Å²) in [6.07, 6.45) is 1.76. The Morgan fingerprint density at radius 3 is 2.92 bits per heavy atom. The maximum atomic E-state index is 5.44. The van der Waals surface area contributed by atoms with Gasteiger partial charge in [0.2, 0.25) is 5.88 Å². The van der Waals surface area contributed by atoms with E-state index in [9.17, 15) is 0 Å². The molecule has 0 N–H and O–H groups in total. The number of likely N-dealkylation sites (N-methyl/N-ethyl adjacent to an activating group) is 1. The van der Waals surface area contributed by atoms with Crippen LogP contribution in [0.25, 0.3) is 0 Å². The van der Waals surface area contributed by atoms with Crippen LogP contribution in [-0.2, 0) is 0 Å². The van der Waals surface area contributed by atoms with E-state index in [-0.39, 0.29) is 0 Å². The van der Waals surface area contributed by atoms with Crippen LogP contribution in [0.2, 0.25) is 0 Å². The van der Waals surface area contributed by atoms with Crippen LogP contribution in [0.5, 0.6) is 5.88 Å². The molecule has 0 atom stereocenters. The minimum Gasteiger partial charge on any atom is -0.476 e. The summed E-state index contributed by atoms with van der Waals surface area (Å²) in [5.41, 5.74) is 0. The van der Waals surface area contributed by atoms with Gasteiger partial charge in [0, 0.05) is 22.4 Å². The van der Waals surface area contributed by atoms with Gasteiger partial charge in [0.05, 0.1) is 0 Å². The highest BCUT2D eigenvalue weighted by Crippen LogP contribution is 2.10. The first-order valence-electron chi connectivity index (χ1n) is 4.07. The number of hydrogen-bond donors (Lipinski definition) is 0. The molecule has 0 aliphatic heterocycles. The molecule has 3 nitrogen and oxygen atoms in total. The summed E-state index contributed by atoms with van der Waals surface area (Å²) in [6, 6.07) is 3.87. The van der Waals surface area contributed by atoms with Gasteiger partial charge in [-0.2, -0.15) is 0 Å². The molecule has 0 aliphatic carbocycles. The van der Waals surface area contributed by atoms with E-state index < -0.39 is 0 Å². The molecular weight excluding hydrogens is 279 g/mol. The Bertz CT molecular complexity index is 266. The maximum absolute atomic E-state index is 5.44. The van der Waals surface area contributed by atoms with E-state index in [1.807, 2.05) is 26.2 Å². The third-order valence-electron chi connectivity index (χ3n) is 1.49. The highest BCUT2D eigenvalue weighted by atomic mass is 127. The van der Waals surface area contributed by atoms with E-state index >= 15 is 0 Å². The van der Waals surface area contributed by atoms with Gasteiger partial charge in [-0.15, -0.1) is 0 Å². The van der Waals surface area contributed by atoms with Gasteiger partial charge in [-0.25, -0.2) is 4.98 Å². The van der Waals surface area contributed by atoms with Gasteiger partial charge >= 0.3 is 0 Å². The highest BCUT2D eigenvalue weighted by Gasteiger charge is 1.96. The Morgan fingerprint density at radius 2 is 2.31 bits per heavy atom. The first-order chi connectivity index (χ1) is 6.18. The van der Waals surface area contributed by atoms with Crippen molar-refractivity contribution in [1.29, 1.82) is 0 Å². The van der Waals surface area contributed by atoms with E-state index in [1.165, 1.54) is 0 Å². The smallest absolute Gasteiger partial charge is 0.214 e. The summed E-state index contributed by atoms with van der Waals surface area (Å²) in [6.45, 7) is 1.59. The van der Waals surface area contributed by atoms with Crippen molar-refractivity contribution in [3.05, 3.63) is 21.9 Å². The maximum Gasteiger partial charge on any atom is 0.214 e. The fraction of sp³-hybridized carbons (Fsp3) is 0.444. The van der Waals surface area contributed by atoms with Gasteiger partial charge < -0.3 is 9.64 Å². The van der Waals surface area contributed by atoms with E-state index in [4.69, 9.17) is 4.74 Å². The first kappa shape index (κ1) is 10.7. The molecule has 0 aromatic carbocycles. The molecule has 0 fully saturated rings. The Balaban J connectivity index is 2.37. The zero-order valence-electron chi connectivity index (χ0n) is 7.83. The van der Waals surface area contributed by atoms with Crippen molar-refractivity contribution in [3.8, 4) is 5.88 Å². The molecule has 1 aromatic rings. The van der Waals surface area contributed by atoms with Crippen LogP contribution in [0.4, 0.5) is 0 Å². The summed E-state index contributed by atoms with van der Waals surface area (Å²) < 4.78 is 6.59. The number of hydrogen-bond acceptors (Lipinski definition) is 3. The van der Waals surface area contributed by atoms with Gasteiger partial charge in [-0.05, 0) is 42.8 Å². The second kappa shape index (κ2) is 5.39. The van der Waals surface area contributed by atoms with E-state index in [0.29, 0.717) is 12.5 Å². The lowest BCUT2D eigenvalue weighted by molar-refractivity contribution is 0.253. The van der Waals surface area contributed by atoms with Crippen molar-refractivity contribution < 1.29 is 4.74 Å². The van der Waals surface area contributed by atoms with E-state index in [0.717, 1.165) is 10.1 Å². The zero-order valence-corrected chi connectivity index (χ0v) is 9.98. The van der Waals surface area contributed by atoms with Crippen LogP contribution in [0.15, 0.2) is 18.3 Å². The minimum absolute atomic E-state index is 0.681. The van der Waals surface area contributed by atoms with E-state index in [2.05, 4.69) is 32.5 Å². The van der Waals surface area contributed by atoms with Gasteiger partial charge in [-0.3, -0.25) is 0 Å². The average molecular weight is 292 g/mol. The van der Waals surface area contributed by atoms with Gasteiger partial charge in [-0.1, -0.05) is 0 Å². The molecule has 72 valence electrons. The molecule has 0 radical (unpaired) electrons. The van der Waals surface area contributed by atoms with Crippen LogP contribution in [0.3, 0.4) is 0 Å². The van der Waals surface area contributed by atoms with Crippen molar-refractivity contribution in [1.82, 2.24) is 9.88 Å². The van der Waals surface area contributed by atoms with Gasteiger partial charge in [0.1, 0.15) is 6.61 Å². The number of aromatic nitrogens is 1. The Morgan fingerprint density at radius 1 is 1.54 bits per heavy atom. The van der Waals surface area contributed by atoms with Crippen molar-refractivity contribution >= 4 is 22.6 Å². The molecule has 0 saturated heterocycles. The van der Waals surface area contributed by atoms with Crippen molar-refractivity contribution in [2.45, 2.75) is 0 Å². The predicted octanol–water partition coefficient (Wildman–Crippen LogP) is 1.63. The van der Waals surface area contributed by atoms with Crippen LogP contribution in [-0.4, -0.2) is 37.1 Å². The second-order valence-corrected chi connectivity index (χ2v) is 4.21. The fourth-order valence-electron chi connectivity index (χ4n) is 0.797. The van der Waals surface area contributed by atoms with Crippen molar-refractivity contribution in [2.24, 2.45) is 0 Å². The number of halogens is 1. The first-order valence-corrected chi connectivity index (χ1v) is 5.15. The third-order valence-corrected chi connectivity index (χ3v) is 2.16. The summed E-state index contributed by atoms with van der Waals surface area (Å²) in [7, 11) is 4.04. The largest absolute Gasteiger partial charge is 0.476 e. The number of nitrogens with zero attached hydrogens (tertiary/aromatic N) is 2. The highest BCUT2D eigenvalue weighted by molar-refractivity contribution is 14.1. The quantitative estimate of drug-likeness (QED) is 0.789. The fourth-order valence-corrected chi connectivity index (χ4v) is 1.22. The molecule has 0 unspecified atom stereocenters. The normalized spacial score (nSPS) is 10.5. The summed E-state index contributed by atoms with van der Waals surface area (Å²) >= 11 is 2.24. The summed E-state index contributed by atoms with van der Waals surface area (Å²) in [4.78, 5) is 6.17. The van der Waals surface area contributed by atoms with Gasteiger partial charge in [0.25, 0.3) is 0 Å². The molecule has 0 spiro atoms. The average Bonchev–Trinajstić information content (AvgIpc) is 2.03. The summed E-state index contributed by atoms with van der Waals surface area (Å²) in [5.74, 6) is 0.703. The second-order valence-electron chi connectivity index (χ2n) is 2.96. The minimum atomic E-state index is 0.681. The third kappa shape index (κ3) is 4.42. The Labute approximate surface area is 92.2 Å². The zero-order chi connectivity index (χ0) is 9.68. The Hall–Kier alpha value is -0.360. The standard InChI is InChI=1S/C9H13IN2O/c1-12(2)5-6-13-9-7-8(10)3-4-11-9/h3-4,7H,5-6H2,1-2H3. The topological polar surface area (TPSA) is 25.4 Å². The molecule has 0 aliphatic rings. The summed E-state index contributed by atoms with van der Waals surface area (Å²) in [5, 5.41) is 0. The van der Waals surface area contributed by atoms with Crippen LogP contribution in [0, 0.1) is 3.57 Å². The molecule has 4 heteroatoms.